The van der Waals surface area contributed by atoms with Crippen LogP contribution in [-0.2, 0) is 18.9 Å². The van der Waals surface area contributed by atoms with Crippen LogP contribution in [0.15, 0.2) is 32.5 Å². The average Bonchev–Trinajstić information content (AvgIpc) is 3.30. The van der Waals surface area contributed by atoms with Gasteiger partial charge in [0.2, 0.25) is 0 Å². The minimum absolute atomic E-state index is 0.299. The van der Waals surface area contributed by atoms with E-state index in [4.69, 9.17) is 18.9 Å². The number of ether oxygens (including phenoxy) is 4. The summed E-state index contributed by atoms with van der Waals surface area (Å²) in [4.78, 5) is 0. The van der Waals surface area contributed by atoms with E-state index in [-0.39, 0.29) is 0 Å². The summed E-state index contributed by atoms with van der Waals surface area (Å²) in [5, 5.41) is 3.71. The molecule has 4 aliphatic rings. The first kappa shape index (κ1) is 15.1. The first-order valence-corrected chi connectivity index (χ1v) is 11.9. The van der Waals surface area contributed by atoms with E-state index in [0.717, 1.165) is 20.4 Å². The van der Waals surface area contributed by atoms with Gasteiger partial charge in [-0.25, -0.2) is 0 Å². The van der Waals surface area contributed by atoms with Gasteiger partial charge in [-0.05, 0) is 0 Å². The maximum absolute atomic E-state index is 5.67. The van der Waals surface area contributed by atoms with Gasteiger partial charge in [-0.1, -0.05) is 0 Å². The number of hydrogen-bond acceptors (Lipinski definition) is 8. The van der Waals surface area contributed by atoms with Crippen molar-refractivity contribution < 1.29 is 18.9 Å². The van der Waals surface area contributed by atoms with Crippen LogP contribution >= 0.6 is 47.0 Å². The number of hydrogen-bond donors (Lipinski definition) is 0. The maximum atomic E-state index is 5.67. The van der Waals surface area contributed by atoms with Crippen molar-refractivity contribution in [1.29, 1.82) is 0 Å². The van der Waals surface area contributed by atoms with Crippen molar-refractivity contribution in [1.82, 2.24) is 0 Å². The first-order chi connectivity index (χ1) is 11.4. The van der Waals surface area contributed by atoms with Crippen LogP contribution in [-0.4, -0.2) is 40.9 Å². The van der Waals surface area contributed by atoms with Gasteiger partial charge in [-0.15, -0.1) is 0 Å². The van der Waals surface area contributed by atoms with E-state index >= 15 is 0 Å². The van der Waals surface area contributed by atoms with Crippen molar-refractivity contribution >= 4 is 70.0 Å². The average molecular weight is 449 g/mol. The molecule has 0 bridgehead atoms. The molecule has 1 aromatic rings. The van der Waals surface area contributed by atoms with E-state index in [1.165, 1.54) is 16.7 Å². The molecule has 23 heavy (non-hydrogen) atoms. The van der Waals surface area contributed by atoms with Crippen LogP contribution in [0.3, 0.4) is 0 Å². The molecule has 0 saturated carbocycles. The zero-order chi connectivity index (χ0) is 15.2. The summed E-state index contributed by atoms with van der Waals surface area (Å²) in [7, 11) is 0. The van der Waals surface area contributed by atoms with Crippen LogP contribution in [0, 0.1) is 0 Å². The third-order valence-electron chi connectivity index (χ3n) is 3.18. The SMILES string of the molecule is c1cc(=C2SC3=C(OCCO3)S2)[se]c1=C1SC2=C(OCCO2)S1. The second kappa shape index (κ2) is 6.28. The Morgan fingerprint density at radius 1 is 0.609 bits per heavy atom. The van der Waals surface area contributed by atoms with Gasteiger partial charge < -0.3 is 0 Å². The van der Waals surface area contributed by atoms with Crippen molar-refractivity contribution in [3.8, 4) is 0 Å². The Labute approximate surface area is 155 Å². The quantitative estimate of drug-likeness (QED) is 0.558. The van der Waals surface area contributed by atoms with Crippen LogP contribution in [0.5, 0.6) is 0 Å². The van der Waals surface area contributed by atoms with Gasteiger partial charge in [0.05, 0.1) is 0 Å². The molecule has 5 heterocycles. The van der Waals surface area contributed by atoms with Gasteiger partial charge >= 0.3 is 156 Å². The predicted molar refractivity (Wildman–Crippen MR) is 97.7 cm³/mol. The predicted octanol–water partition coefficient (Wildman–Crippen LogP) is 2.18. The fraction of sp³-hybridized carbons (Fsp3) is 0.286. The van der Waals surface area contributed by atoms with Gasteiger partial charge in [0.1, 0.15) is 0 Å². The molecule has 0 spiro atoms. The van der Waals surface area contributed by atoms with Crippen LogP contribution in [0.25, 0.3) is 8.47 Å². The molecule has 120 valence electrons. The third-order valence-corrected chi connectivity index (χ3v) is 11.5. The Morgan fingerprint density at radius 2 is 0.957 bits per heavy atom. The van der Waals surface area contributed by atoms with E-state index in [1.54, 1.807) is 47.0 Å². The summed E-state index contributed by atoms with van der Waals surface area (Å²) in [6, 6.07) is 4.46. The molecule has 0 atom stereocenters. The Morgan fingerprint density at radius 3 is 1.30 bits per heavy atom. The Bertz CT molecular complexity index is 748. The van der Waals surface area contributed by atoms with Crippen LogP contribution in [0.2, 0.25) is 0 Å². The molecule has 9 heteroatoms. The summed E-state index contributed by atoms with van der Waals surface area (Å²) in [6.07, 6.45) is 0. The molecule has 4 nitrogen and oxygen atoms in total. The molecular weight excluding hydrogens is 439 g/mol. The normalized spacial score (nSPS) is 23.1. The molecular formula is C14H10O4S4Se. The van der Waals surface area contributed by atoms with Gasteiger partial charge in [-0.2, -0.15) is 0 Å². The molecule has 0 unspecified atom stereocenters. The fourth-order valence-corrected chi connectivity index (χ4v) is 9.76. The van der Waals surface area contributed by atoms with E-state index < -0.39 is 0 Å². The molecule has 1 aromatic heterocycles. The van der Waals surface area contributed by atoms with Crippen molar-refractivity contribution in [2.45, 2.75) is 0 Å². The van der Waals surface area contributed by atoms with Crippen molar-refractivity contribution in [3.63, 3.8) is 0 Å². The van der Waals surface area contributed by atoms with Crippen molar-refractivity contribution in [3.05, 3.63) is 40.7 Å². The Hall–Kier alpha value is -0.181. The Kier molecular flexibility index (Phi) is 4.12. The van der Waals surface area contributed by atoms with E-state index in [2.05, 4.69) is 12.1 Å². The fourth-order valence-electron chi connectivity index (χ4n) is 2.19. The summed E-state index contributed by atoms with van der Waals surface area (Å²) in [5.41, 5.74) is 0. The zero-order valence-electron chi connectivity index (χ0n) is 11.7. The standard InChI is InChI=1S/C14H10O4S4Se/c1-2-8(14-21-11-12(22-14)18-6-5-17-11)23-7(1)13-19-9-10(20-13)16-4-3-15-9/h1-2H,3-6H2. The Balaban J connectivity index is 1.46. The monoisotopic (exact) mass is 450 g/mol. The van der Waals surface area contributed by atoms with E-state index in [1.807, 2.05) is 0 Å². The minimum atomic E-state index is 0.299. The zero-order valence-corrected chi connectivity index (χ0v) is 16.6. The molecule has 0 fully saturated rings. The first-order valence-electron chi connectivity index (χ1n) is 6.92. The summed E-state index contributed by atoms with van der Waals surface area (Å²) in [6.45, 7) is 2.59. The van der Waals surface area contributed by atoms with Gasteiger partial charge in [-0.3, -0.25) is 0 Å². The molecule has 0 radical (unpaired) electrons. The molecule has 0 amide bonds. The summed E-state index contributed by atoms with van der Waals surface area (Å²) < 4.78 is 28.0. The summed E-state index contributed by atoms with van der Waals surface area (Å²) in [5.74, 6) is 0. The van der Waals surface area contributed by atoms with Gasteiger partial charge in [0, 0.05) is 0 Å². The van der Waals surface area contributed by atoms with Crippen molar-refractivity contribution in [2.75, 3.05) is 26.4 Å². The molecule has 4 aliphatic heterocycles. The molecule has 0 N–H and O–H groups in total. The van der Waals surface area contributed by atoms with E-state index in [9.17, 15) is 0 Å². The number of thioether (sulfide) groups is 4. The second-order valence-corrected chi connectivity index (χ2v) is 11.4. The van der Waals surface area contributed by atoms with Crippen LogP contribution < -0.4 is 8.19 Å². The van der Waals surface area contributed by atoms with Gasteiger partial charge in [0.15, 0.2) is 0 Å². The third kappa shape index (κ3) is 2.85. The van der Waals surface area contributed by atoms with E-state index in [0.29, 0.717) is 40.9 Å². The molecule has 0 aromatic carbocycles. The summed E-state index contributed by atoms with van der Waals surface area (Å²) >= 11 is 7.10. The molecule has 5 rings (SSSR count). The second-order valence-electron chi connectivity index (χ2n) is 4.69. The van der Waals surface area contributed by atoms with Gasteiger partial charge in [0.25, 0.3) is 0 Å². The topological polar surface area (TPSA) is 36.9 Å². The number of rotatable bonds is 0. The molecule has 0 aliphatic carbocycles. The molecule has 0 saturated heterocycles. The van der Waals surface area contributed by atoms with Crippen molar-refractivity contribution in [2.24, 2.45) is 0 Å². The van der Waals surface area contributed by atoms with Crippen LogP contribution in [0.4, 0.5) is 0 Å². The van der Waals surface area contributed by atoms with Crippen LogP contribution in [0.1, 0.15) is 0 Å².